The highest BCUT2D eigenvalue weighted by Crippen LogP contribution is 2.38. The molecule has 2 amide bonds. The second-order valence-electron chi connectivity index (χ2n) is 7.34. The summed E-state index contributed by atoms with van der Waals surface area (Å²) in [7, 11) is 0. The van der Waals surface area contributed by atoms with E-state index in [1.165, 1.54) is 6.07 Å². The Morgan fingerprint density at radius 3 is 2.59 bits per heavy atom. The molecule has 0 spiro atoms. The second kappa shape index (κ2) is 7.08. The van der Waals surface area contributed by atoms with Gasteiger partial charge in [0.25, 0.3) is 5.91 Å². The highest BCUT2D eigenvalue weighted by molar-refractivity contribution is 6.31. The standard InChI is InChI=1S/C19H20ClN3O4/c1-10-15-13(23-26)8-19(2,3)9-14(15)27-16(10)18(25)22-21-17(24)11-5-4-6-12(20)7-11/h4-7,26H,8-9H2,1-3H3,(H,21,24)(H,22,25)/b23-13-. The van der Waals surface area contributed by atoms with Crippen LogP contribution in [0.25, 0.3) is 0 Å². The Hall–Kier alpha value is -2.80. The Bertz CT molecular complexity index is 946. The Balaban J connectivity index is 1.78. The molecule has 27 heavy (non-hydrogen) atoms. The molecule has 3 rings (SSSR count). The van der Waals surface area contributed by atoms with E-state index in [0.29, 0.717) is 46.0 Å². The number of hydrogen-bond donors (Lipinski definition) is 3. The smallest absolute Gasteiger partial charge is 0.305 e. The fourth-order valence-corrected chi connectivity index (χ4v) is 3.48. The molecule has 0 unspecified atom stereocenters. The zero-order chi connectivity index (χ0) is 19.8. The maximum atomic E-state index is 12.5. The normalized spacial score (nSPS) is 16.7. The van der Waals surface area contributed by atoms with Crippen molar-refractivity contribution in [1.82, 2.24) is 10.9 Å². The van der Waals surface area contributed by atoms with Gasteiger partial charge in [0.2, 0.25) is 0 Å². The molecular weight excluding hydrogens is 370 g/mol. The molecule has 1 aromatic carbocycles. The maximum absolute atomic E-state index is 12.5. The molecule has 1 aliphatic rings. The van der Waals surface area contributed by atoms with Crippen LogP contribution in [0.15, 0.2) is 33.8 Å². The van der Waals surface area contributed by atoms with E-state index in [9.17, 15) is 14.8 Å². The summed E-state index contributed by atoms with van der Waals surface area (Å²) in [6.45, 7) is 5.79. The van der Waals surface area contributed by atoms with Gasteiger partial charge in [0, 0.05) is 28.1 Å². The van der Waals surface area contributed by atoms with Crippen molar-refractivity contribution in [3.8, 4) is 0 Å². The highest BCUT2D eigenvalue weighted by atomic mass is 35.5. The first-order valence-electron chi connectivity index (χ1n) is 8.41. The first-order chi connectivity index (χ1) is 12.7. The Morgan fingerprint density at radius 2 is 1.93 bits per heavy atom. The van der Waals surface area contributed by atoms with Crippen LogP contribution in [0.1, 0.15) is 58.1 Å². The minimum absolute atomic E-state index is 0.0743. The lowest BCUT2D eigenvalue weighted by Gasteiger charge is -2.28. The summed E-state index contributed by atoms with van der Waals surface area (Å²) in [6.07, 6.45) is 1.19. The molecule has 1 heterocycles. The average molecular weight is 390 g/mol. The van der Waals surface area contributed by atoms with Crippen molar-refractivity contribution in [2.24, 2.45) is 10.6 Å². The molecule has 0 bridgehead atoms. The van der Waals surface area contributed by atoms with Crippen LogP contribution in [0.3, 0.4) is 0 Å². The van der Waals surface area contributed by atoms with E-state index in [4.69, 9.17) is 16.0 Å². The van der Waals surface area contributed by atoms with Gasteiger partial charge in [-0.15, -0.1) is 0 Å². The quantitative estimate of drug-likeness (QED) is 0.540. The zero-order valence-corrected chi connectivity index (χ0v) is 16.0. The third-order valence-corrected chi connectivity index (χ3v) is 4.73. The van der Waals surface area contributed by atoms with Crippen molar-refractivity contribution < 1.29 is 19.2 Å². The summed E-state index contributed by atoms with van der Waals surface area (Å²) in [4.78, 5) is 24.6. The van der Waals surface area contributed by atoms with Gasteiger partial charge >= 0.3 is 5.91 Å². The van der Waals surface area contributed by atoms with Gasteiger partial charge in [0.15, 0.2) is 5.76 Å². The number of hydrogen-bond acceptors (Lipinski definition) is 5. The summed E-state index contributed by atoms with van der Waals surface area (Å²) in [5, 5.41) is 13.1. The molecule has 7 nitrogen and oxygen atoms in total. The maximum Gasteiger partial charge on any atom is 0.305 e. The minimum atomic E-state index is -0.590. The largest absolute Gasteiger partial charge is 0.455 e. The van der Waals surface area contributed by atoms with E-state index in [1.807, 2.05) is 13.8 Å². The molecular formula is C19H20ClN3O4. The Kier molecular flexibility index (Phi) is 4.97. The molecule has 8 heteroatoms. The number of fused-ring (bicyclic) bond motifs is 1. The van der Waals surface area contributed by atoms with Crippen LogP contribution in [0.4, 0.5) is 0 Å². The number of nitrogens with one attached hydrogen (secondary N) is 2. The summed E-state index contributed by atoms with van der Waals surface area (Å²) < 4.78 is 5.75. The van der Waals surface area contributed by atoms with Crippen molar-refractivity contribution in [2.75, 3.05) is 0 Å². The van der Waals surface area contributed by atoms with Gasteiger partial charge in [-0.2, -0.15) is 0 Å². The molecule has 0 aliphatic heterocycles. The Labute approximate surface area is 161 Å². The molecule has 0 atom stereocenters. The van der Waals surface area contributed by atoms with E-state index in [1.54, 1.807) is 25.1 Å². The van der Waals surface area contributed by atoms with Gasteiger partial charge in [-0.05, 0) is 37.0 Å². The van der Waals surface area contributed by atoms with Crippen LogP contribution in [0.2, 0.25) is 5.02 Å². The first kappa shape index (κ1) is 19.0. The van der Waals surface area contributed by atoms with E-state index < -0.39 is 11.8 Å². The molecule has 0 saturated carbocycles. The van der Waals surface area contributed by atoms with Crippen LogP contribution in [0.5, 0.6) is 0 Å². The van der Waals surface area contributed by atoms with Crippen molar-refractivity contribution in [3.63, 3.8) is 0 Å². The number of oxime groups is 1. The van der Waals surface area contributed by atoms with Crippen molar-refractivity contribution >= 4 is 29.1 Å². The van der Waals surface area contributed by atoms with E-state index in [-0.39, 0.29) is 11.2 Å². The Morgan fingerprint density at radius 1 is 1.22 bits per heavy atom. The van der Waals surface area contributed by atoms with Gasteiger partial charge in [-0.25, -0.2) is 0 Å². The van der Waals surface area contributed by atoms with Gasteiger partial charge < -0.3 is 9.62 Å². The second-order valence-corrected chi connectivity index (χ2v) is 7.77. The number of rotatable bonds is 2. The number of furan rings is 1. The molecule has 1 aromatic heterocycles. The number of hydrazine groups is 1. The van der Waals surface area contributed by atoms with E-state index in [2.05, 4.69) is 16.0 Å². The zero-order valence-electron chi connectivity index (χ0n) is 15.2. The van der Waals surface area contributed by atoms with Crippen LogP contribution >= 0.6 is 11.6 Å². The molecule has 1 aliphatic carbocycles. The number of carbonyl (C=O) groups is 2. The molecule has 0 saturated heterocycles. The average Bonchev–Trinajstić information content (AvgIpc) is 2.94. The summed E-state index contributed by atoms with van der Waals surface area (Å²) in [5.74, 6) is -0.418. The minimum Gasteiger partial charge on any atom is -0.455 e. The predicted molar refractivity (Wildman–Crippen MR) is 100 cm³/mol. The lowest BCUT2D eigenvalue weighted by molar-refractivity contribution is 0.0828. The molecule has 0 radical (unpaired) electrons. The monoisotopic (exact) mass is 389 g/mol. The summed E-state index contributed by atoms with van der Waals surface area (Å²) in [5.41, 5.74) is 6.57. The molecule has 142 valence electrons. The van der Waals surface area contributed by atoms with Gasteiger partial charge in [-0.1, -0.05) is 36.7 Å². The third kappa shape index (κ3) is 3.83. The third-order valence-electron chi connectivity index (χ3n) is 4.50. The van der Waals surface area contributed by atoms with Crippen molar-refractivity contribution in [2.45, 2.75) is 33.6 Å². The lowest BCUT2D eigenvalue weighted by Crippen LogP contribution is -2.41. The topological polar surface area (TPSA) is 104 Å². The number of carbonyl (C=O) groups excluding carboxylic acids is 2. The predicted octanol–water partition coefficient (Wildman–Crippen LogP) is 3.47. The van der Waals surface area contributed by atoms with Crippen LogP contribution in [0, 0.1) is 12.3 Å². The highest BCUT2D eigenvalue weighted by Gasteiger charge is 2.36. The summed E-state index contributed by atoms with van der Waals surface area (Å²) in [6, 6.07) is 6.36. The fraction of sp³-hybridized carbons (Fsp3) is 0.316. The van der Waals surface area contributed by atoms with Crippen molar-refractivity contribution in [3.05, 3.63) is 57.5 Å². The van der Waals surface area contributed by atoms with Gasteiger partial charge in [0.1, 0.15) is 5.76 Å². The number of nitrogens with zero attached hydrogens (tertiary/aromatic N) is 1. The van der Waals surface area contributed by atoms with E-state index >= 15 is 0 Å². The van der Waals surface area contributed by atoms with Crippen LogP contribution in [-0.4, -0.2) is 22.7 Å². The molecule has 0 fully saturated rings. The SMILES string of the molecule is Cc1c(C(=O)NNC(=O)c2cccc(Cl)c2)oc2c1/C(=N\O)CC(C)(C)C2. The molecule has 2 aromatic rings. The van der Waals surface area contributed by atoms with Crippen LogP contribution in [-0.2, 0) is 6.42 Å². The number of halogens is 1. The number of amides is 2. The fourth-order valence-electron chi connectivity index (χ4n) is 3.29. The number of benzene rings is 1. The molecule has 3 N–H and O–H groups in total. The van der Waals surface area contributed by atoms with Gasteiger partial charge in [-0.3, -0.25) is 20.4 Å². The van der Waals surface area contributed by atoms with Gasteiger partial charge in [0.05, 0.1) is 5.71 Å². The lowest BCUT2D eigenvalue weighted by atomic mass is 9.75. The summed E-state index contributed by atoms with van der Waals surface area (Å²) >= 11 is 5.86. The first-order valence-corrected chi connectivity index (χ1v) is 8.79. The van der Waals surface area contributed by atoms with E-state index in [0.717, 1.165) is 0 Å². The van der Waals surface area contributed by atoms with Crippen molar-refractivity contribution in [1.29, 1.82) is 0 Å². The van der Waals surface area contributed by atoms with Crippen LogP contribution < -0.4 is 10.9 Å².